The summed E-state index contributed by atoms with van der Waals surface area (Å²) in [6.07, 6.45) is 17.3. The average Bonchev–Trinajstić information content (AvgIpc) is 2.97. The predicted octanol–water partition coefficient (Wildman–Crippen LogP) is 7.95. The first-order valence-corrected chi connectivity index (χ1v) is 14.5. The third-order valence-corrected chi connectivity index (χ3v) is 8.66. The van der Waals surface area contributed by atoms with Gasteiger partial charge in [0.15, 0.2) is 0 Å². The van der Waals surface area contributed by atoms with Crippen molar-refractivity contribution in [3.8, 4) is 0 Å². The highest BCUT2D eigenvalue weighted by Gasteiger charge is 2.45. The van der Waals surface area contributed by atoms with Crippen LogP contribution in [-0.4, -0.2) is 51.6 Å². The van der Waals surface area contributed by atoms with E-state index in [9.17, 15) is 9.18 Å². The summed E-state index contributed by atoms with van der Waals surface area (Å²) in [5.41, 5.74) is 2.88. The Morgan fingerprint density at radius 3 is 2.54 bits per heavy atom. The lowest BCUT2D eigenvalue weighted by Gasteiger charge is -2.50. The van der Waals surface area contributed by atoms with Gasteiger partial charge in [-0.3, -0.25) is 4.79 Å². The summed E-state index contributed by atoms with van der Waals surface area (Å²) in [5.74, 6) is 0.468. The van der Waals surface area contributed by atoms with Gasteiger partial charge in [-0.25, -0.2) is 4.39 Å². The third-order valence-electron chi connectivity index (χ3n) is 6.98. The number of piperidine rings is 1. The fraction of sp³-hybridized carbons (Fsp3) is 0.406. The van der Waals surface area contributed by atoms with E-state index in [2.05, 4.69) is 88.5 Å². The Morgan fingerprint density at radius 1 is 1.23 bits per heavy atom. The summed E-state index contributed by atoms with van der Waals surface area (Å²) in [6.45, 7) is 14.9. The number of amides is 1. The summed E-state index contributed by atoms with van der Waals surface area (Å²) in [7, 11) is 3.74. The molecule has 212 valence electrons. The number of carbonyl (C=O) groups excluding carboxylic acids is 1. The molecule has 1 spiro atoms. The van der Waals surface area contributed by atoms with Gasteiger partial charge in [0.1, 0.15) is 11.6 Å². The highest BCUT2D eigenvalue weighted by Crippen LogP contribution is 2.42. The summed E-state index contributed by atoms with van der Waals surface area (Å²) < 4.78 is 22.1. The molecule has 0 saturated carbocycles. The van der Waals surface area contributed by atoms with E-state index < -0.39 is 0 Å². The molecule has 2 heterocycles. The van der Waals surface area contributed by atoms with Gasteiger partial charge in [-0.05, 0) is 87.2 Å². The monoisotopic (exact) mass is 647 g/mol. The number of hydrogen-bond donors (Lipinski definition) is 0. The number of likely N-dealkylation sites (N-methyl/N-ethyl adjacent to an activating group) is 1. The van der Waals surface area contributed by atoms with E-state index >= 15 is 0 Å². The van der Waals surface area contributed by atoms with Crippen molar-refractivity contribution >= 4 is 28.8 Å². The summed E-state index contributed by atoms with van der Waals surface area (Å²) in [5, 5.41) is 0. The average molecular weight is 648 g/mol. The summed E-state index contributed by atoms with van der Waals surface area (Å²) >= 11 is 2.39. The first kappa shape index (κ1) is 32.4. The van der Waals surface area contributed by atoms with Crippen molar-refractivity contribution in [2.75, 3.05) is 27.2 Å². The quantitative estimate of drug-likeness (QED) is 0.179. The van der Waals surface area contributed by atoms with Gasteiger partial charge in [-0.1, -0.05) is 38.7 Å². The molecule has 0 radical (unpaired) electrons. The Bertz CT molecular complexity index is 1130. The molecule has 39 heavy (non-hydrogen) atoms. The van der Waals surface area contributed by atoms with Crippen molar-refractivity contribution in [3.05, 3.63) is 108 Å². The van der Waals surface area contributed by atoms with Gasteiger partial charge in [0.2, 0.25) is 0 Å². The van der Waals surface area contributed by atoms with Crippen LogP contribution >= 0.6 is 22.9 Å². The molecule has 2 aliphatic rings. The van der Waals surface area contributed by atoms with Gasteiger partial charge in [0, 0.05) is 37.1 Å². The number of likely N-dealkylation sites (tertiary alicyclic amines) is 1. The Hall–Kier alpha value is -2.81. The summed E-state index contributed by atoms with van der Waals surface area (Å²) in [4.78, 5) is 17.5. The van der Waals surface area contributed by atoms with Crippen LogP contribution in [0.3, 0.4) is 0 Å². The molecule has 1 amide bonds. The van der Waals surface area contributed by atoms with E-state index in [1.807, 2.05) is 24.8 Å². The molecule has 1 saturated heterocycles. The smallest absolute Gasteiger partial charge is 0.253 e. The van der Waals surface area contributed by atoms with E-state index in [-0.39, 0.29) is 17.3 Å². The Balaban J connectivity index is 0.00000260. The maximum atomic E-state index is 14.3. The number of ether oxygens (including phenoxy) is 1. The molecule has 0 N–H and O–H groups in total. The first-order valence-electron chi connectivity index (χ1n) is 13.6. The molecule has 0 atom stereocenters. The van der Waals surface area contributed by atoms with E-state index in [0.29, 0.717) is 37.1 Å². The zero-order valence-corrected chi connectivity index (χ0v) is 26.2. The van der Waals surface area contributed by atoms with Crippen molar-refractivity contribution in [2.24, 2.45) is 0 Å². The lowest BCUT2D eigenvalue weighted by atomic mass is 9.82. The number of methoxy groups -OCH3 is 1. The fourth-order valence-corrected chi connectivity index (χ4v) is 5.84. The minimum Gasteiger partial charge on any atom is -0.497 e. The van der Waals surface area contributed by atoms with E-state index in [1.54, 1.807) is 25.3 Å². The van der Waals surface area contributed by atoms with Gasteiger partial charge < -0.3 is 17.6 Å². The molecule has 0 bridgehead atoms. The topological polar surface area (TPSA) is 36.0 Å². The number of benzene rings is 1. The third kappa shape index (κ3) is 7.87. The zero-order valence-electron chi connectivity index (χ0n) is 24.1. The van der Waals surface area contributed by atoms with Gasteiger partial charge in [-0.2, -0.15) is 0 Å². The Kier molecular flexibility index (Phi) is 13.0. The Morgan fingerprint density at radius 2 is 1.92 bits per heavy atom. The van der Waals surface area contributed by atoms with E-state index in [0.717, 1.165) is 36.4 Å². The van der Waals surface area contributed by atoms with E-state index in [1.165, 1.54) is 6.07 Å². The maximum Gasteiger partial charge on any atom is 0.253 e. The number of allylic oxidation sites excluding steroid dienone is 7. The summed E-state index contributed by atoms with van der Waals surface area (Å²) in [6, 6.07) is 4.68. The number of hydrogen-bond acceptors (Lipinski definition) is 4. The Labute approximate surface area is 248 Å². The molecular formula is C32H43FIN3O2. The lowest BCUT2D eigenvalue weighted by Crippen LogP contribution is -2.55. The lowest BCUT2D eigenvalue weighted by molar-refractivity contribution is 0.0617. The second-order valence-corrected chi connectivity index (χ2v) is 10.3. The number of nitrogens with zero attached hydrogens (tertiary/aromatic N) is 3. The molecule has 0 unspecified atom stereocenters. The normalized spacial score (nSPS) is 20.6. The van der Waals surface area contributed by atoms with Crippen LogP contribution in [0.4, 0.5) is 4.39 Å². The largest absolute Gasteiger partial charge is 0.497 e. The van der Waals surface area contributed by atoms with Gasteiger partial charge in [0.25, 0.3) is 5.91 Å². The molecule has 1 aromatic carbocycles. The number of halogens is 2. The minimum atomic E-state index is -0.369. The van der Waals surface area contributed by atoms with Crippen molar-refractivity contribution < 1.29 is 13.9 Å². The van der Waals surface area contributed by atoms with Crippen LogP contribution in [0.15, 0.2) is 91.2 Å². The molecule has 2 aliphatic heterocycles. The van der Waals surface area contributed by atoms with Crippen LogP contribution in [0.25, 0.3) is 0 Å². The van der Waals surface area contributed by atoms with Crippen molar-refractivity contribution in [3.63, 3.8) is 0 Å². The van der Waals surface area contributed by atoms with Gasteiger partial charge >= 0.3 is 0 Å². The highest BCUT2D eigenvalue weighted by molar-refractivity contribution is 14.1. The molecule has 0 aliphatic carbocycles. The standard InChI is InChI=1S/C30H37FIN3O2.C2H6/c1-6-8-12-24-22-25(14-15-27(24)31)29(36)34-19-16-30(17-20-34)28(11-7-2)33(4)18-10-9-13-26(37-5)21-23(3)35(30)32;1-2/h6-7,10-11,13-15,18,21-22H,1-2,8-9,12,16-17,19-20H2,3-5H3;1-2H3/b18-10+,23-21+,26-13?,28-11-;. The second kappa shape index (κ2) is 15.7. The van der Waals surface area contributed by atoms with E-state index in [4.69, 9.17) is 4.74 Å². The molecule has 1 aromatic rings. The van der Waals surface area contributed by atoms with Crippen molar-refractivity contribution in [1.82, 2.24) is 12.9 Å². The van der Waals surface area contributed by atoms with Gasteiger partial charge in [0.05, 0.1) is 35.5 Å². The number of aryl methyl sites for hydroxylation is 1. The first-order chi connectivity index (χ1) is 18.8. The molecular weight excluding hydrogens is 604 g/mol. The van der Waals surface area contributed by atoms with Crippen LogP contribution in [0, 0.1) is 5.82 Å². The number of rotatable bonds is 6. The molecule has 5 nitrogen and oxygen atoms in total. The minimum absolute atomic E-state index is 0.0641. The highest BCUT2D eigenvalue weighted by atomic mass is 127. The van der Waals surface area contributed by atoms with Crippen LogP contribution in [-0.2, 0) is 11.2 Å². The zero-order chi connectivity index (χ0) is 29.0. The van der Waals surface area contributed by atoms with Gasteiger partial charge in [-0.15, -0.1) is 6.58 Å². The second-order valence-electron chi connectivity index (χ2n) is 9.35. The van der Waals surface area contributed by atoms with Crippen molar-refractivity contribution in [1.29, 1.82) is 0 Å². The maximum absolute atomic E-state index is 14.3. The SMILES string of the molecule is C=C/C=C1\N(C)/C=C/CC=C(OC)/C=C(\C)N(I)C12CCN(C(=O)c1ccc(F)c(CCC=C)c1)CC2.CC. The fourth-order valence-electron chi connectivity index (χ4n) is 4.97. The molecule has 7 heteroatoms. The predicted molar refractivity (Wildman–Crippen MR) is 169 cm³/mol. The van der Waals surface area contributed by atoms with Crippen LogP contribution < -0.4 is 0 Å². The van der Waals surface area contributed by atoms with Crippen molar-refractivity contribution in [2.45, 2.75) is 58.4 Å². The van der Waals surface area contributed by atoms with Crippen LogP contribution in [0.1, 0.15) is 62.4 Å². The molecule has 1 fully saturated rings. The molecule has 3 rings (SSSR count). The van der Waals surface area contributed by atoms with Crippen LogP contribution in [0.2, 0.25) is 0 Å². The molecule has 0 aromatic heterocycles. The number of carbonyl (C=O) groups is 1. The van der Waals surface area contributed by atoms with Crippen LogP contribution in [0.5, 0.6) is 0 Å².